The Hall–Kier alpha value is -1.29. The van der Waals surface area contributed by atoms with Crippen LogP contribution < -0.4 is 0 Å². The van der Waals surface area contributed by atoms with Gasteiger partial charge in [-0.1, -0.05) is 38.5 Å². The van der Waals surface area contributed by atoms with Crippen LogP contribution in [0.4, 0.5) is 0 Å². The number of aryl methyl sites for hydroxylation is 1. The van der Waals surface area contributed by atoms with Crippen molar-refractivity contribution in [3.8, 4) is 6.07 Å². The van der Waals surface area contributed by atoms with Crippen molar-refractivity contribution in [1.82, 2.24) is 0 Å². The highest BCUT2D eigenvalue weighted by molar-refractivity contribution is 5.30. The molecule has 1 rings (SSSR count). The van der Waals surface area contributed by atoms with Gasteiger partial charge in [-0.2, -0.15) is 5.26 Å². The molecule has 0 spiro atoms. The summed E-state index contributed by atoms with van der Waals surface area (Å²) in [4.78, 5) is 0. The van der Waals surface area contributed by atoms with Gasteiger partial charge in [0.05, 0.1) is 11.6 Å². The molecule has 0 atom stereocenters. The lowest BCUT2D eigenvalue weighted by atomic mass is 10.2. The molecule has 1 nitrogen and oxygen atoms in total. The minimum Gasteiger partial charge on any atom is -0.192 e. The van der Waals surface area contributed by atoms with Crippen LogP contribution in [0.5, 0.6) is 0 Å². The van der Waals surface area contributed by atoms with Crippen LogP contribution in [0.3, 0.4) is 0 Å². The Kier molecular flexibility index (Phi) is 5.63. The number of nitriles is 1. The van der Waals surface area contributed by atoms with Gasteiger partial charge in [0.1, 0.15) is 0 Å². The summed E-state index contributed by atoms with van der Waals surface area (Å²) >= 11 is 0. The minimum atomic E-state index is 0.723. The lowest BCUT2D eigenvalue weighted by Gasteiger charge is -1.88. The van der Waals surface area contributed by atoms with E-state index in [4.69, 9.17) is 5.26 Å². The van der Waals surface area contributed by atoms with Crippen LogP contribution in [0.25, 0.3) is 0 Å². The Morgan fingerprint density at radius 2 is 1.46 bits per heavy atom. The molecule has 0 aliphatic heterocycles. The average Bonchev–Trinajstić information content (AvgIpc) is 2.05. The summed E-state index contributed by atoms with van der Waals surface area (Å²) in [6, 6.07) is 9.54. The number of hydrogen-bond donors (Lipinski definition) is 0. The minimum absolute atomic E-state index is 0.723. The van der Waals surface area contributed by atoms with Crippen LogP contribution in [0.15, 0.2) is 24.3 Å². The number of hydrogen-bond acceptors (Lipinski definition) is 1. The van der Waals surface area contributed by atoms with E-state index in [1.807, 2.05) is 31.2 Å². The van der Waals surface area contributed by atoms with Crippen LogP contribution in [0.1, 0.15) is 31.9 Å². The zero-order valence-electron chi connectivity index (χ0n) is 8.83. The molecule has 0 N–H and O–H groups in total. The maximum Gasteiger partial charge on any atom is 0.0991 e. The maximum atomic E-state index is 8.38. The molecule has 1 heteroatoms. The third-order valence-corrected chi connectivity index (χ3v) is 1.18. The van der Waals surface area contributed by atoms with Crippen molar-refractivity contribution in [2.45, 2.75) is 27.7 Å². The second kappa shape index (κ2) is 6.25. The highest BCUT2D eigenvalue weighted by atomic mass is 14.2. The summed E-state index contributed by atoms with van der Waals surface area (Å²) < 4.78 is 0. The Labute approximate surface area is 81.0 Å². The van der Waals surface area contributed by atoms with Crippen LogP contribution in [0, 0.1) is 24.2 Å². The lowest BCUT2D eigenvalue weighted by molar-refractivity contribution is 0.737. The number of nitrogens with zero attached hydrogens (tertiary/aromatic N) is 1. The maximum absolute atomic E-state index is 8.38. The average molecular weight is 175 g/mol. The topological polar surface area (TPSA) is 23.8 Å². The molecule has 0 radical (unpaired) electrons. The smallest absolute Gasteiger partial charge is 0.0991 e. The number of rotatable bonds is 0. The molecule has 0 amide bonds. The van der Waals surface area contributed by atoms with Gasteiger partial charge in [-0.05, 0) is 25.0 Å². The molecule has 13 heavy (non-hydrogen) atoms. The first-order chi connectivity index (χ1) is 6.06. The molecule has 0 aromatic heterocycles. The summed E-state index contributed by atoms with van der Waals surface area (Å²) in [6.45, 7) is 8.50. The second-order valence-corrected chi connectivity index (χ2v) is 3.71. The Morgan fingerprint density at radius 1 is 1.08 bits per heavy atom. The van der Waals surface area contributed by atoms with Crippen LogP contribution in [-0.4, -0.2) is 0 Å². The molecular formula is C12H17N. The van der Waals surface area contributed by atoms with E-state index in [-0.39, 0.29) is 0 Å². The van der Waals surface area contributed by atoms with Gasteiger partial charge in [-0.3, -0.25) is 0 Å². The molecule has 0 heterocycles. The predicted octanol–water partition coefficient (Wildman–Crippen LogP) is 3.53. The zero-order chi connectivity index (χ0) is 10.3. The van der Waals surface area contributed by atoms with Crippen molar-refractivity contribution in [2.24, 2.45) is 5.92 Å². The van der Waals surface area contributed by atoms with E-state index in [0.717, 1.165) is 11.5 Å². The molecule has 0 bridgehead atoms. The van der Waals surface area contributed by atoms with E-state index in [1.54, 1.807) is 0 Å². The van der Waals surface area contributed by atoms with Gasteiger partial charge < -0.3 is 0 Å². The van der Waals surface area contributed by atoms with Crippen molar-refractivity contribution in [3.63, 3.8) is 0 Å². The molecule has 0 aliphatic rings. The second-order valence-electron chi connectivity index (χ2n) is 3.71. The quantitative estimate of drug-likeness (QED) is 0.591. The highest BCUT2D eigenvalue weighted by Gasteiger charge is 1.84. The molecule has 70 valence electrons. The third-order valence-electron chi connectivity index (χ3n) is 1.18. The van der Waals surface area contributed by atoms with Crippen molar-refractivity contribution < 1.29 is 0 Å². The van der Waals surface area contributed by atoms with Gasteiger partial charge in [0, 0.05) is 0 Å². The van der Waals surface area contributed by atoms with Crippen LogP contribution >= 0.6 is 0 Å². The summed E-state index contributed by atoms with van der Waals surface area (Å²) in [5, 5.41) is 8.38. The van der Waals surface area contributed by atoms with Gasteiger partial charge in [0.25, 0.3) is 0 Å². The van der Waals surface area contributed by atoms with E-state index in [2.05, 4.69) is 26.8 Å². The molecule has 0 saturated carbocycles. The van der Waals surface area contributed by atoms with Crippen molar-refractivity contribution in [1.29, 1.82) is 5.26 Å². The first-order valence-electron chi connectivity index (χ1n) is 4.53. The van der Waals surface area contributed by atoms with Gasteiger partial charge in [0.15, 0.2) is 0 Å². The number of benzene rings is 1. The van der Waals surface area contributed by atoms with Gasteiger partial charge in [-0.15, -0.1) is 0 Å². The van der Waals surface area contributed by atoms with E-state index < -0.39 is 0 Å². The van der Waals surface area contributed by atoms with E-state index in [0.29, 0.717) is 0 Å². The SMILES string of the molecule is CC(C)C.Cc1ccc(C#N)cc1. The van der Waals surface area contributed by atoms with E-state index in [9.17, 15) is 0 Å². The third kappa shape index (κ3) is 7.08. The summed E-state index contributed by atoms with van der Waals surface area (Å²) in [5.74, 6) is 0.833. The van der Waals surface area contributed by atoms with Crippen molar-refractivity contribution >= 4 is 0 Å². The zero-order valence-corrected chi connectivity index (χ0v) is 8.83. The predicted molar refractivity (Wildman–Crippen MR) is 56.4 cm³/mol. The summed E-state index contributed by atoms with van der Waals surface area (Å²) in [7, 11) is 0. The largest absolute Gasteiger partial charge is 0.192 e. The highest BCUT2D eigenvalue weighted by Crippen LogP contribution is 1.99. The summed E-state index contributed by atoms with van der Waals surface area (Å²) in [5.41, 5.74) is 1.91. The monoisotopic (exact) mass is 175 g/mol. The molecule has 0 aliphatic carbocycles. The first kappa shape index (κ1) is 11.7. The van der Waals surface area contributed by atoms with Gasteiger partial charge >= 0.3 is 0 Å². The Balaban J connectivity index is 0.000000310. The fraction of sp³-hybridized carbons (Fsp3) is 0.417. The lowest BCUT2D eigenvalue weighted by Crippen LogP contribution is -1.72. The molecule has 0 saturated heterocycles. The van der Waals surface area contributed by atoms with Gasteiger partial charge in [0.2, 0.25) is 0 Å². The fourth-order valence-corrected chi connectivity index (χ4v) is 0.628. The molecule has 1 aromatic rings. The van der Waals surface area contributed by atoms with Crippen molar-refractivity contribution in [3.05, 3.63) is 35.4 Å². The van der Waals surface area contributed by atoms with E-state index >= 15 is 0 Å². The Morgan fingerprint density at radius 3 is 1.77 bits per heavy atom. The standard InChI is InChI=1S/C8H7N.C4H10/c1-7-2-4-8(6-9)5-3-7;1-4(2)3/h2-5H,1H3;4H,1-3H3. The normalized spacial score (nSPS) is 8.62. The van der Waals surface area contributed by atoms with Crippen molar-refractivity contribution in [2.75, 3.05) is 0 Å². The molecule has 1 aromatic carbocycles. The van der Waals surface area contributed by atoms with Crippen LogP contribution in [-0.2, 0) is 0 Å². The summed E-state index contributed by atoms with van der Waals surface area (Å²) in [6.07, 6.45) is 0. The Bertz CT molecular complexity index is 261. The first-order valence-corrected chi connectivity index (χ1v) is 4.53. The fourth-order valence-electron chi connectivity index (χ4n) is 0.628. The molecule has 0 unspecified atom stereocenters. The molecule has 0 fully saturated rings. The van der Waals surface area contributed by atoms with Gasteiger partial charge in [-0.25, -0.2) is 0 Å². The van der Waals surface area contributed by atoms with E-state index in [1.165, 1.54) is 5.56 Å². The van der Waals surface area contributed by atoms with Crippen LogP contribution in [0.2, 0.25) is 0 Å². The molecular weight excluding hydrogens is 158 g/mol.